The topological polar surface area (TPSA) is 18.5 Å². The van der Waals surface area contributed by atoms with Gasteiger partial charge < -0.3 is 8.85 Å². The number of hydrogen-bond donors (Lipinski definition) is 0. The van der Waals surface area contributed by atoms with E-state index < -0.39 is 30.9 Å². The molecule has 0 N–H and O–H groups in total. The lowest BCUT2D eigenvalue weighted by atomic mass is 9.47. The molecule has 2 aromatic rings. The van der Waals surface area contributed by atoms with Crippen LogP contribution in [0.5, 0.6) is 0 Å². The molecule has 2 aromatic carbocycles. The molecule has 0 radical (unpaired) electrons. The summed E-state index contributed by atoms with van der Waals surface area (Å²) in [7, 11) is -7.96. The summed E-state index contributed by atoms with van der Waals surface area (Å²) in [5.41, 5.74) is 4.10. The van der Waals surface area contributed by atoms with Crippen molar-refractivity contribution in [3.05, 3.63) is 77.5 Å². The molecular formula is C34H52O2Si4. The van der Waals surface area contributed by atoms with Crippen molar-refractivity contribution in [2.24, 2.45) is 23.2 Å². The molecule has 4 saturated carbocycles. The Hall–Kier alpha value is -1.19. The van der Waals surface area contributed by atoms with E-state index in [0.29, 0.717) is 0 Å². The molecule has 4 bridgehead atoms. The zero-order chi connectivity index (χ0) is 28.8. The van der Waals surface area contributed by atoms with Gasteiger partial charge in [0.2, 0.25) is 0 Å². The van der Waals surface area contributed by atoms with Gasteiger partial charge in [-0.05, 0) is 87.0 Å². The van der Waals surface area contributed by atoms with Gasteiger partial charge >= 0.3 is 0 Å². The van der Waals surface area contributed by atoms with Gasteiger partial charge in [0.1, 0.15) is 11.0 Å². The Morgan fingerprint density at radius 3 is 1.43 bits per heavy atom. The Labute approximate surface area is 247 Å². The van der Waals surface area contributed by atoms with E-state index in [9.17, 15) is 0 Å². The quantitative estimate of drug-likeness (QED) is 0.293. The molecule has 0 amide bonds. The predicted molar refractivity (Wildman–Crippen MR) is 180 cm³/mol. The molecule has 216 valence electrons. The van der Waals surface area contributed by atoms with Crippen molar-refractivity contribution in [3.8, 4) is 0 Å². The van der Waals surface area contributed by atoms with Crippen LogP contribution < -0.4 is 0 Å². The summed E-state index contributed by atoms with van der Waals surface area (Å²) in [5, 5.41) is -0.226. The molecule has 6 heteroatoms. The summed E-state index contributed by atoms with van der Waals surface area (Å²) in [6.07, 6.45) is 8.45. The fourth-order valence-corrected chi connectivity index (χ4v) is 59.4. The third-order valence-corrected chi connectivity index (χ3v) is 47.4. The third kappa shape index (κ3) is 4.14. The number of rotatable bonds is 7. The van der Waals surface area contributed by atoms with Crippen LogP contribution in [-0.2, 0) is 8.85 Å². The van der Waals surface area contributed by atoms with Gasteiger partial charge in [0.25, 0.3) is 7.35 Å². The van der Waals surface area contributed by atoms with E-state index in [1.165, 1.54) is 61.0 Å². The Balaban J connectivity index is 1.75. The smallest absolute Gasteiger partial charge is 0.257 e. The minimum absolute atomic E-state index is 0.219. The second-order valence-electron chi connectivity index (χ2n) is 16.8. The maximum atomic E-state index is 8.14. The zero-order valence-electron chi connectivity index (χ0n) is 26.6. The molecule has 40 heavy (non-hydrogen) atoms. The highest BCUT2D eigenvalue weighted by molar-refractivity contribution is 7.68. The van der Waals surface area contributed by atoms with Gasteiger partial charge in [-0.2, -0.15) is 0 Å². The van der Waals surface area contributed by atoms with E-state index in [-0.39, 0.29) is 10.6 Å². The first-order valence-electron chi connectivity index (χ1n) is 15.9. The summed E-state index contributed by atoms with van der Waals surface area (Å²) in [4.78, 5) is 0. The van der Waals surface area contributed by atoms with Crippen molar-refractivity contribution in [3.63, 3.8) is 0 Å². The Morgan fingerprint density at radius 1 is 0.675 bits per heavy atom. The molecule has 1 saturated heterocycles. The average Bonchev–Trinajstić information content (AvgIpc) is 2.82. The molecule has 5 fully saturated rings. The van der Waals surface area contributed by atoms with Gasteiger partial charge in [0, 0.05) is 11.0 Å². The second-order valence-corrected chi connectivity index (χ2v) is 47.2. The molecule has 1 aliphatic heterocycles. The lowest BCUT2D eigenvalue weighted by molar-refractivity contribution is -0.152. The van der Waals surface area contributed by atoms with Gasteiger partial charge in [0.05, 0.1) is 15.2 Å². The van der Waals surface area contributed by atoms with Gasteiger partial charge in [-0.25, -0.2) is 0 Å². The highest BCUT2D eigenvalue weighted by Crippen LogP contribution is 2.73. The van der Waals surface area contributed by atoms with E-state index in [1.807, 2.05) is 0 Å². The Kier molecular flexibility index (Phi) is 6.79. The van der Waals surface area contributed by atoms with Gasteiger partial charge in [0.15, 0.2) is 8.32 Å². The van der Waals surface area contributed by atoms with Crippen molar-refractivity contribution in [1.29, 1.82) is 0 Å². The first-order chi connectivity index (χ1) is 18.6. The van der Waals surface area contributed by atoms with E-state index >= 15 is 0 Å². The molecular weight excluding hydrogens is 553 g/mol. The summed E-state index contributed by atoms with van der Waals surface area (Å²) in [6, 6.07) is 22.3. The van der Waals surface area contributed by atoms with Crippen LogP contribution in [0.2, 0.25) is 58.9 Å². The number of benzene rings is 2. The van der Waals surface area contributed by atoms with E-state index in [0.717, 1.165) is 17.8 Å². The predicted octanol–water partition coefficient (Wildman–Crippen LogP) is 9.60. The minimum Gasteiger partial charge on any atom is -0.546 e. The van der Waals surface area contributed by atoms with Gasteiger partial charge in [-0.15, -0.1) is 0 Å². The minimum atomic E-state index is -2.38. The molecule has 1 unspecified atom stereocenters. The van der Waals surface area contributed by atoms with Crippen molar-refractivity contribution in [1.82, 2.24) is 0 Å². The summed E-state index contributed by atoms with van der Waals surface area (Å²) < 4.78 is 16.1. The van der Waals surface area contributed by atoms with Crippen LogP contribution >= 0.6 is 0 Å². The van der Waals surface area contributed by atoms with Crippen LogP contribution in [0.4, 0.5) is 0 Å². The van der Waals surface area contributed by atoms with Gasteiger partial charge in [-0.3, -0.25) is 0 Å². The molecule has 0 spiro atoms. The van der Waals surface area contributed by atoms with E-state index in [2.05, 4.69) is 120 Å². The normalized spacial score (nSPS) is 32.9. The van der Waals surface area contributed by atoms with E-state index in [4.69, 9.17) is 8.85 Å². The van der Waals surface area contributed by atoms with Crippen molar-refractivity contribution in [2.45, 2.75) is 103 Å². The summed E-state index contributed by atoms with van der Waals surface area (Å²) >= 11 is 0. The average molecular weight is 605 g/mol. The highest BCUT2D eigenvalue weighted by Gasteiger charge is 2.86. The highest BCUT2D eigenvalue weighted by atomic mass is 29.7. The monoisotopic (exact) mass is 604 g/mol. The Bertz CT molecular complexity index is 1190. The van der Waals surface area contributed by atoms with Crippen LogP contribution in [0, 0.1) is 23.2 Å². The number of hydrogen-bond acceptors (Lipinski definition) is 2. The molecule has 5 aliphatic rings. The molecule has 2 nitrogen and oxygen atoms in total. The maximum Gasteiger partial charge on any atom is 0.257 e. The fraction of sp³-hybridized carbons (Fsp3) is 0.588. The fourth-order valence-electron chi connectivity index (χ4n) is 10.6. The standard InChI is InChI=1S/C34H52O2Si4/c1-37(2,3)36-34(33-23-26-20-27(24-33)22-28(21-26)25-33)32(35-40(34,38(4,5)6)39(7,8)9)31(29-16-12-10-13-17-29)30-18-14-11-15-19-30/h10-19,26-28H,20-25H2,1-9H3. The SMILES string of the molecule is C[Si](C)(C)OC1(C23CC4CC(CC(C4)C2)C3)C(=C(c2ccccc2)c2ccccc2)O[Si]1([Si](C)(C)C)[Si](C)(C)C. The first kappa shape index (κ1) is 28.9. The van der Waals surface area contributed by atoms with Crippen molar-refractivity contribution >= 4 is 36.4 Å². The second kappa shape index (κ2) is 9.40. The lowest BCUT2D eigenvalue weighted by Crippen LogP contribution is -2.95. The maximum absolute atomic E-state index is 8.14. The largest absolute Gasteiger partial charge is 0.546 e. The first-order valence-corrected chi connectivity index (χ1v) is 30.2. The summed E-state index contributed by atoms with van der Waals surface area (Å²) in [6.45, 7) is 23.3. The zero-order valence-corrected chi connectivity index (χ0v) is 30.6. The van der Waals surface area contributed by atoms with Crippen LogP contribution in [0.15, 0.2) is 66.4 Å². The third-order valence-electron chi connectivity index (χ3n) is 10.8. The Morgan fingerprint density at radius 2 is 1.07 bits per heavy atom. The van der Waals surface area contributed by atoms with Crippen LogP contribution in [0.25, 0.3) is 5.57 Å². The van der Waals surface area contributed by atoms with Crippen molar-refractivity contribution < 1.29 is 8.85 Å². The molecule has 4 aliphatic carbocycles. The lowest BCUT2D eigenvalue weighted by Gasteiger charge is -2.77. The summed E-state index contributed by atoms with van der Waals surface area (Å²) in [5.74, 6) is 3.89. The van der Waals surface area contributed by atoms with Crippen molar-refractivity contribution in [2.75, 3.05) is 0 Å². The van der Waals surface area contributed by atoms with Gasteiger partial charge in [-0.1, -0.05) is 99.9 Å². The molecule has 1 heterocycles. The molecule has 1 atom stereocenters. The molecule has 7 rings (SSSR count). The van der Waals surface area contributed by atoms with E-state index in [1.54, 1.807) is 0 Å². The van der Waals surface area contributed by atoms with Crippen LogP contribution in [-0.4, -0.2) is 36.1 Å². The van der Waals surface area contributed by atoms with Crippen LogP contribution in [0.3, 0.4) is 0 Å². The van der Waals surface area contributed by atoms with Crippen LogP contribution in [0.1, 0.15) is 49.7 Å². The molecule has 0 aromatic heterocycles.